The maximum atomic E-state index is 4.14. The number of hydrogen-bond acceptors (Lipinski definition) is 1. The van der Waals surface area contributed by atoms with E-state index >= 15 is 0 Å². The zero-order valence-electron chi connectivity index (χ0n) is 13.8. The Hall–Kier alpha value is -0.820. The Balaban J connectivity index is 1.62. The molecule has 0 amide bonds. The lowest BCUT2D eigenvalue weighted by Crippen LogP contribution is -2.51. The standard InChI is InChI=1S/C20H29N/c1-19(2)15-11-12-20(3,13-15)18(19)21-17-10-6-8-14-7-4-5-9-16(14)17/h4-5,7,9,15,17-18,21H,6,8,10-13H2,1-3H3. The van der Waals surface area contributed by atoms with Crippen LogP contribution in [0.4, 0.5) is 0 Å². The predicted octanol–water partition coefficient (Wildman–Crippen LogP) is 4.87. The molecule has 0 saturated heterocycles. The molecule has 4 atom stereocenters. The number of benzene rings is 1. The molecule has 1 nitrogen and oxygen atoms in total. The zero-order valence-corrected chi connectivity index (χ0v) is 13.8. The molecule has 4 rings (SSSR count). The second kappa shape index (κ2) is 4.59. The van der Waals surface area contributed by atoms with Gasteiger partial charge in [0.2, 0.25) is 0 Å². The highest BCUT2D eigenvalue weighted by Crippen LogP contribution is 2.62. The third kappa shape index (κ3) is 2.00. The van der Waals surface area contributed by atoms with Gasteiger partial charge in [-0.15, -0.1) is 0 Å². The van der Waals surface area contributed by atoms with Gasteiger partial charge in [-0.05, 0) is 66.4 Å². The van der Waals surface area contributed by atoms with Crippen LogP contribution < -0.4 is 5.32 Å². The summed E-state index contributed by atoms with van der Waals surface area (Å²) in [5.74, 6) is 0.929. The Morgan fingerprint density at radius 2 is 1.90 bits per heavy atom. The van der Waals surface area contributed by atoms with Gasteiger partial charge >= 0.3 is 0 Å². The summed E-state index contributed by atoms with van der Waals surface area (Å²) < 4.78 is 0. The van der Waals surface area contributed by atoms with E-state index < -0.39 is 0 Å². The van der Waals surface area contributed by atoms with Crippen LogP contribution in [0.5, 0.6) is 0 Å². The van der Waals surface area contributed by atoms with Gasteiger partial charge in [0.1, 0.15) is 0 Å². The van der Waals surface area contributed by atoms with Crippen LogP contribution in [-0.2, 0) is 6.42 Å². The molecule has 1 N–H and O–H groups in total. The van der Waals surface area contributed by atoms with E-state index in [0.717, 1.165) is 5.92 Å². The third-order valence-electron chi connectivity index (χ3n) is 7.01. The van der Waals surface area contributed by atoms with Gasteiger partial charge in [-0.3, -0.25) is 0 Å². The molecule has 3 aliphatic carbocycles. The third-order valence-corrected chi connectivity index (χ3v) is 7.01. The SMILES string of the molecule is CC12CCC(C1)C(C)(C)C2NC1CCCc2ccccc21. The summed E-state index contributed by atoms with van der Waals surface area (Å²) in [6.07, 6.45) is 8.22. The summed E-state index contributed by atoms with van der Waals surface area (Å²) in [6, 6.07) is 10.4. The Morgan fingerprint density at radius 1 is 1.10 bits per heavy atom. The van der Waals surface area contributed by atoms with Gasteiger partial charge in [0.25, 0.3) is 0 Å². The molecule has 0 heterocycles. The first-order valence-electron chi connectivity index (χ1n) is 8.84. The Bertz CT molecular complexity index is 542. The highest BCUT2D eigenvalue weighted by atomic mass is 15.0. The van der Waals surface area contributed by atoms with E-state index in [4.69, 9.17) is 0 Å². The van der Waals surface area contributed by atoms with Gasteiger partial charge in [0.15, 0.2) is 0 Å². The fourth-order valence-corrected chi connectivity index (χ4v) is 5.85. The van der Waals surface area contributed by atoms with Crippen molar-refractivity contribution in [1.82, 2.24) is 5.32 Å². The second-order valence-electron chi connectivity index (χ2n) is 8.66. The second-order valence-corrected chi connectivity index (χ2v) is 8.66. The Labute approximate surface area is 129 Å². The van der Waals surface area contributed by atoms with E-state index in [1.54, 1.807) is 11.1 Å². The lowest BCUT2D eigenvalue weighted by atomic mass is 9.68. The van der Waals surface area contributed by atoms with Crippen molar-refractivity contribution in [3.8, 4) is 0 Å². The summed E-state index contributed by atoms with van der Waals surface area (Å²) in [7, 11) is 0. The van der Waals surface area contributed by atoms with E-state index in [1.807, 2.05) is 0 Å². The lowest BCUT2D eigenvalue weighted by Gasteiger charge is -2.46. The summed E-state index contributed by atoms with van der Waals surface area (Å²) >= 11 is 0. The van der Waals surface area contributed by atoms with Crippen molar-refractivity contribution in [1.29, 1.82) is 0 Å². The maximum Gasteiger partial charge on any atom is 0.0325 e. The van der Waals surface area contributed by atoms with E-state index in [0.29, 0.717) is 22.9 Å². The number of nitrogens with one attached hydrogen (secondary N) is 1. The van der Waals surface area contributed by atoms with Crippen LogP contribution >= 0.6 is 0 Å². The van der Waals surface area contributed by atoms with Crippen LogP contribution in [-0.4, -0.2) is 6.04 Å². The fraction of sp³-hybridized carbons (Fsp3) is 0.700. The molecule has 1 aromatic rings. The van der Waals surface area contributed by atoms with Gasteiger partial charge in [0.05, 0.1) is 0 Å². The highest BCUT2D eigenvalue weighted by Gasteiger charge is 2.59. The van der Waals surface area contributed by atoms with Gasteiger partial charge in [-0.25, -0.2) is 0 Å². The van der Waals surface area contributed by atoms with Crippen LogP contribution in [0.1, 0.15) is 70.0 Å². The molecule has 0 spiro atoms. The molecule has 0 radical (unpaired) electrons. The molecule has 3 aliphatic rings. The van der Waals surface area contributed by atoms with Gasteiger partial charge < -0.3 is 5.32 Å². The molecule has 1 aromatic carbocycles. The largest absolute Gasteiger partial charge is 0.306 e. The van der Waals surface area contributed by atoms with Crippen LogP contribution in [0.2, 0.25) is 0 Å². The van der Waals surface area contributed by atoms with Crippen molar-refractivity contribution < 1.29 is 0 Å². The molecule has 0 aromatic heterocycles. The molecule has 114 valence electrons. The van der Waals surface area contributed by atoms with Crippen molar-refractivity contribution in [2.45, 2.75) is 71.4 Å². The molecule has 2 bridgehead atoms. The Morgan fingerprint density at radius 3 is 2.67 bits per heavy atom. The molecule has 2 saturated carbocycles. The molecular formula is C20H29N. The van der Waals surface area contributed by atoms with Crippen molar-refractivity contribution in [2.75, 3.05) is 0 Å². The summed E-state index contributed by atoms with van der Waals surface area (Å²) in [4.78, 5) is 0. The molecule has 4 unspecified atom stereocenters. The van der Waals surface area contributed by atoms with Crippen LogP contribution in [0.3, 0.4) is 0 Å². The minimum absolute atomic E-state index is 0.458. The maximum absolute atomic E-state index is 4.14. The van der Waals surface area contributed by atoms with Gasteiger partial charge in [-0.1, -0.05) is 45.0 Å². The number of hydrogen-bond donors (Lipinski definition) is 1. The predicted molar refractivity (Wildman–Crippen MR) is 88.3 cm³/mol. The lowest BCUT2D eigenvalue weighted by molar-refractivity contribution is 0.0957. The first-order chi connectivity index (χ1) is 10.0. The van der Waals surface area contributed by atoms with E-state index in [9.17, 15) is 0 Å². The van der Waals surface area contributed by atoms with Gasteiger partial charge in [0, 0.05) is 12.1 Å². The van der Waals surface area contributed by atoms with E-state index in [1.165, 1.54) is 38.5 Å². The molecular weight excluding hydrogens is 254 g/mol. The smallest absolute Gasteiger partial charge is 0.0325 e. The Kier molecular flexibility index (Phi) is 3.02. The topological polar surface area (TPSA) is 12.0 Å². The van der Waals surface area contributed by atoms with E-state index in [2.05, 4.69) is 50.4 Å². The minimum atomic E-state index is 0.458. The molecule has 1 heteroatoms. The first kappa shape index (κ1) is 13.8. The van der Waals surface area contributed by atoms with Crippen LogP contribution in [0.25, 0.3) is 0 Å². The zero-order chi connectivity index (χ0) is 14.7. The fourth-order valence-electron chi connectivity index (χ4n) is 5.85. The van der Waals surface area contributed by atoms with Gasteiger partial charge in [-0.2, -0.15) is 0 Å². The quantitative estimate of drug-likeness (QED) is 0.816. The highest BCUT2D eigenvalue weighted by molar-refractivity contribution is 5.32. The van der Waals surface area contributed by atoms with Crippen molar-refractivity contribution in [2.24, 2.45) is 16.7 Å². The van der Waals surface area contributed by atoms with Crippen molar-refractivity contribution in [3.05, 3.63) is 35.4 Å². The average Bonchev–Trinajstić information content (AvgIpc) is 2.95. The number of fused-ring (bicyclic) bond motifs is 3. The molecule has 0 aliphatic heterocycles. The average molecular weight is 283 g/mol. The van der Waals surface area contributed by atoms with Crippen LogP contribution in [0.15, 0.2) is 24.3 Å². The molecule has 21 heavy (non-hydrogen) atoms. The monoisotopic (exact) mass is 283 g/mol. The normalized spacial score (nSPS) is 40.2. The summed E-state index contributed by atoms with van der Waals surface area (Å²) in [5, 5.41) is 4.14. The van der Waals surface area contributed by atoms with Crippen molar-refractivity contribution >= 4 is 0 Å². The molecule has 2 fully saturated rings. The van der Waals surface area contributed by atoms with E-state index in [-0.39, 0.29) is 0 Å². The summed E-state index contributed by atoms with van der Waals surface area (Å²) in [6.45, 7) is 7.55. The van der Waals surface area contributed by atoms with Crippen LogP contribution in [0, 0.1) is 16.7 Å². The van der Waals surface area contributed by atoms with Crippen molar-refractivity contribution in [3.63, 3.8) is 0 Å². The number of aryl methyl sites for hydroxylation is 1. The first-order valence-corrected chi connectivity index (χ1v) is 8.84. The summed E-state index contributed by atoms with van der Waals surface area (Å²) in [5.41, 5.74) is 4.14. The minimum Gasteiger partial charge on any atom is -0.306 e. The number of rotatable bonds is 2.